The highest BCUT2D eigenvalue weighted by Gasteiger charge is 2.23. The second kappa shape index (κ2) is 7.93. The molecule has 1 saturated heterocycles. The van der Waals surface area contributed by atoms with Gasteiger partial charge < -0.3 is 10.1 Å². The Morgan fingerprint density at radius 1 is 1.47 bits per heavy atom. The minimum absolute atomic E-state index is 0.566. The summed E-state index contributed by atoms with van der Waals surface area (Å²) >= 11 is 1.96. The van der Waals surface area contributed by atoms with Crippen LogP contribution in [0, 0.1) is 12.8 Å². The topological polar surface area (TPSA) is 21.3 Å². The third-order valence-corrected chi connectivity index (χ3v) is 4.76. The van der Waals surface area contributed by atoms with E-state index in [0.29, 0.717) is 12.0 Å². The Bertz CT molecular complexity index is 377. The van der Waals surface area contributed by atoms with Crippen molar-refractivity contribution in [2.75, 3.05) is 25.5 Å². The minimum Gasteiger partial charge on any atom is -0.381 e. The predicted molar refractivity (Wildman–Crippen MR) is 82.9 cm³/mol. The van der Waals surface area contributed by atoms with E-state index in [1.54, 1.807) is 0 Å². The van der Waals surface area contributed by atoms with Gasteiger partial charge in [-0.2, -0.15) is 0 Å². The summed E-state index contributed by atoms with van der Waals surface area (Å²) in [5.74, 6) is 1.80. The van der Waals surface area contributed by atoms with Crippen molar-refractivity contribution in [2.45, 2.75) is 37.6 Å². The average Bonchev–Trinajstić information content (AvgIpc) is 2.44. The van der Waals surface area contributed by atoms with Crippen LogP contribution in [0.25, 0.3) is 0 Å². The van der Waals surface area contributed by atoms with E-state index >= 15 is 0 Å². The average molecular weight is 279 g/mol. The molecule has 1 aromatic carbocycles. The fourth-order valence-corrected chi connectivity index (χ4v) is 3.80. The Balaban J connectivity index is 1.89. The fraction of sp³-hybridized carbons (Fsp3) is 0.625. The summed E-state index contributed by atoms with van der Waals surface area (Å²) in [5, 5.41) is 3.64. The third-order valence-electron chi connectivity index (χ3n) is 3.65. The normalized spacial score (nSPS) is 21.3. The number of hydrogen-bond donors (Lipinski definition) is 1. The van der Waals surface area contributed by atoms with Gasteiger partial charge in [0, 0.05) is 23.3 Å². The number of rotatable bonds is 6. The second-order valence-corrected chi connectivity index (χ2v) is 6.36. The Kier molecular flexibility index (Phi) is 6.21. The Morgan fingerprint density at radius 3 is 3.05 bits per heavy atom. The van der Waals surface area contributed by atoms with Gasteiger partial charge in [-0.25, -0.2) is 0 Å². The van der Waals surface area contributed by atoms with Gasteiger partial charge >= 0.3 is 0 Å². The van der Waals surface area contributed by atoms with E-state index in [1.165, 1.54) is 23.3 Å². The first-order valence-corrected chi connectivity index (χ1v) is 8.28. The van der Waals surface area contributed by atoms with Crippen LogP contribution in [0.5, 0.6) is 0 Å². The zero-order chi connectivity index (χ0) is 13.5. The molecular weight excluding hydrogens is 254 g/mol. The maximum Gasteiger partial charge on any atom is 0.0509 e. The van der Waals surface area contributed by atoms with Gasteiger partial charge in [0.25, 0.3) is 0 Å². The fourth-order valence-electron chi connectivity index (χ4n) is 2.60. The molecule has 19 heavy (non-hydrogen) atoms. The maximum absolute atomic E-state index is 5.63. The molecule has 1 aromatic rings. The van der Waals surface area contributed by atoms with E-state index < -0.39 is 0 Å². The highest BCUT2D eigenvalue weighted by molar-refractivity contribution is 7.99. The molecule has 0 aliphatic carbocycles. The molecular formula is C16H25NOS. The molecule has 1 aliphatic rings. The summed E-state index contributed by atoms with van der Waals surface area (Å²) in [6.07, 6.45) is 2.51. The highest BCUT2D eigenvalue weighted by atomic mass is 32.2. The number of ether oxygens (including phenoxy) is 1. The van der Waals surface area contributed by atoms with Gasteiger partial charge in [-0.15, -0.1) is 11.8 Å². The molecule has 0 radical (unpaired) electrons. The summed E-state index contributed by atoms with van der Waals surface area (Å²) in [6.45, 7) is 7.25. The van der Waals surface area contributed by atoms with Crippen LogP contribution in [0.15, 0.2) is 29.2 Å². The SMILES string of the molecule is CCNC(CSc1cccc(C)c1)C1CCCOC1. The molecule has 2 unspecified atom stereocenters. The summed E-state index contributed by atoms with van der Waals surface area (Å²) in [4.78, 5) is 1.37. The van der Waals surface area contributed by atoms with Crippen LogP contribution in [-0.2, 0) is 4.74 Å². The summed E-state index contributed by atoms with van der Waals surface area (Å²) in [7, 11) is 0. The van der Waals surface area contributed by atoms with Gasteiger partial charge in [-0.05, 0) is 44.4 Å². The zero-order valence-electron chi connectivity index (χ0n) is 12.0. The van der Waals surface area contributed by atoms with Crippen molar-refractivity contribution < 1.29 is 4.74 Å². The molecule has 106 valence electrons. The summed E-state index contributed by atoms with van der Waals surface area (Å²) in [5.41, 5.74) is 1.34. The Morgan fingerprint density at radius 2 is 2.37 bits per heavy atom. The standard InChI is InChI=1S/C16H25NOS/c1-3-17-16(14-7-5-9-18-11-14)12-19-15-8-4-6-13(2)10-15/h4,6,8,10,14,16-17H,3,5,7,9,11-12H2,1-2H3. The van der Waals surface area contributed by atoms with Crippen molar-refractivity contribution in [1.82, 2.24) is 5.32 Å². The molecule has 2 rings (SSSR count). The first-order chi connectivity index (χ1) is 9.29. The van der Waals surface area contributed by atoms with E-state index in [0.717, 1.165) is 25.5 Å². The number of thioether (sulfide) groups is 1. The monoisotopic (exact) mass is 279 g/mol. The van der Waals surface area contributed by atoms with Crippen molar-refractivity contribution in [3.63, 3.8) is 0 Å². The van der Waals surface area contributed by atoms with Crippen LogP contribution < -0.4 is 5.32 Å². The number of benzene rings is 1. The van der Waals surface area contributed by atoms with Crippen molar-refractivity contribution in [3.8, 4) is 0 Å². The van der Waals surface area contributed by atoms with Crippen LogP contribution >= 0.6 is 11.8 Å². The lowest BCUT2D eigenvalue weighted by Crippen LogP contribution is -2.41. The molecule has 2 nitrogen and oxygen atoms in total. The van der Waals surface area contributed by atoms with Crippen LogP contribution in [0.3, 0.4) is 0 Å². The third kappa shape index (κ3) is 4.83. The molecule has 0 spiro atoms. The number of hydrogen-bond acceptors (Lipinski definition) is 3. The van der Waals surface area contributed by atoms with Crippen LogP contribution in [0.2, 0.25) is 0 Å². The van der Waals surface area contributed by atoms with Gasteiger partial charge in [-0.3, -0.25) is 0 Å². The molecule has 0 amide bonds. The first-order valence-electron chi connectivity index (χ1n) is 7.30. The van der Waals surface area contributed by atoms with Gasteiger partial charge in [0.15, 0.2) is 0 Å². The summed E-state index contributed by atoms with van der Waals surface area (Å²) in [6, 6.07) is 9.34. The quantitative estimate of drug-likeness (QED) is 0.805. The molecule has 3 heteroatoms. The molecule has 0 bridgehead atoms. The van der Waals surface area contributed by atoms with Gasteiger partial charge in [0.2, 0.25) is 0 Å². The zero-order valence-corrected chi connectivity index (χ0v) is 12.8. The van der Waals surface area contributed by atoms with Crippen LogP contribution in [0.1, 0.15) is 25.3 Å². The molecule has 2 atom stereocenters. The maximum atomic E-state index is 5.63. The Labute approximate surface area is 121 Å². The molecule has 0 aromatic heterocycles. The molecule has 1 fully saturated rings. The molecule has 1 aliphatic heterocycles. The lowest BCUT2D eigenvalue weighted by Gasteiger charge is -2.30. The first kappa shape index (κ1) is 14.9. The van der Waals surface area contributed by atoms with Crippen LogP contribution in [-0.4, -0.2) is 31.6 Å². The second-order valence-electron chi connectivity index (χ2n) is 5.27. The van der Waals surface area contributed by atoms with Crippen molar-refractivity contribution >= 4 is 11.8 Å². The van der Waals surface area contributed by atoms with Gasteiger partial charge in [0.05, 0.1) is 6.61 Å². The van der Waals surface area contributed by atoms with Crippen molar-refractivity contribution in [2.24, 2.45) is 5.92 Å². The van der Waals surface area contributed by atoms with Gasteiger partial charge in [0.1, 0.15) is 0 Å². The largest absolute Gasteiger partial charge is 0.381 e. The minimum atomic E-state index is 0.566. The van der Waals surface area contributed by atoms with E-state index in [9.17, 15) is 0 Å². The van der Waals surface area contributed by atoms with E-state index in [1.807, 2.05) is 11.8 Å². The molecule has 1 N–H and O–H groups in total. The number of nitrogens with one attached hydrogen (secondary N) is 1. The van der Waals surface area contributed by atoms with E-state index in [-0.39, 0.29) is 0 Å². The predicted octanol–water partition coefficient (Wildman–Crippen LogP) is 3.49. The smallest absolute Gasteiger partial charge is 0.0509 e. The highest BCUT2D eigenvalue weighted by Crippen LogP contribution is 2.25. The summed E-state index contributed by atoms with van der Waals surface area (Å²) < 4.78 is 5.63. The number of aryl methyl sites for hydroxylation is 1. The van der Waals surface area contributed by atoms with Crippen molar-refractivity contribution in [1.29, 1.82) is 0 Å². The molecule has 1 heterocycles. The lowest BCUT2D eigenvalue weighted by atomic mass is 9.95. The Hall–Kier alpha value is -0.510. The lowest BCUT2D eigenvalue weighted by molar-refractivity contribution is 0.0429. The van der Waals surface area contributed by atoms with Crippen LogP contribution in [0.4, 0.5) is 0 Å². The van der Waals surface area contributed by atoms with E-state index in [2.05, 4.69) is 43.4 Å². The van der Waals surface area contributed by atoms with Gasteiger partial charge in [-0.1, -0.05) is 24.6 Å². The molecule has 0 saturated carbocycles. The van der Waals surface area contributed by atoms with E-state index in [4.69, 9.17) is 4.74 Å². The van der Waals surface area contributed by atoms with Crippen molar-refractivity contribution in [3.05, 3.63) is 29.8 Å².